The van der Waals surface area contributed by atoms with Crippen molar-refractivity contribution in [3.63, 3.8) is 0 Å². The third-order valence-electron chi connectivity index (χ3n) is 2.39. The van der Waals surface area contributed by atoms with E-state index in [9.17, 15) is 4.79 Å². The average molecular weight is 180 g/mol. The van der Waals surface area contributed by atoms with Crippen molar-refractivity contribution in [1.29, 1.82) is 0 Å². The highest BCUT2D eigenvalue weighted by Gasteiger charge is 2.14. The first kappa shape index (κ1) is 8.29. The lowest BCUT2D eigenvalue weighted by molar-refractivity contribution is 0.0689. The Morgan fingerprint density at radius 3 is 3.08 bits per heavy atom. The highest BCUT2D eigenvalue weighted by Crippen LogP contribution is 2.15. The van der Waals surface area contributed by atoms with E-state index in [0.717, 1.165) is 31.5 Å². The van der Waals surface area contributed by atoms with Gasteiger partial charge in [-0.15, -0.1) is 0 Å². The molecule has 0 aliphatic carbocycles. The Hall–Kier alpha value is -1.32. The Bertz CT molecular complexity index is 307. The van der Waals surface area contributed by atoms with Gasteiger partial charge in [-0.2, -0.15) is 5.10 Å². The van der Waals surface area contributed by atoms with Crippen molar-refractivity contribution in [2.45, 2.75) is 32.2 Å². The van der Waals surface area contributed by atoms with Gasteiger partial charge in [-0.1, -0.05) is 6.42 Å². The van der Waals surface area contributed by atoms with Gasteiger partial charge in [0.05, 0.1) is 0 Å². The highest BCUT2D eigenvalue weighted by atomic mass is 16.4. The quantitative estimate of drug-likeness (QED) is 0.708. The fraction of sp³-hybridized carbons (Fsp3) is 0.556. The molecule has 0 bridgehead atoms. The fourth-order valence-electron chi connectivity index (χ4n) is 1.70. The molecule has 0 aromatic carbocycles. The van der Waals surface area contributed by atoms with Crippen LogP contribution in [0.4, 0.5) is 0 Å². The monoisotopic (exact) mass is 180 g/mol. The van der Waals surface area contributed by atoms with Crippen LogP contribution >= 0.6 is 0 Å². The lowest BCUT2D eigenvalue weighted by Gasteiger charge is -1.98. The SMILES string of the molecule is O=C(O)c1cc2n(n1)CCCCC2. The number of carbonyl (C=O) groups is 1. The molecule has 0 unspecified atom stereocenters. The van der Waals surface area contributed by atoms with Crippen LogP contribution in [0.1, 0.15) is 35.4 Å². The molecule has 0 spiro atoms. The van der Waals surface area contributed by atoms with Crippen molar-refractivity contribution in [2.24, 2.45) is 0 Å². The molecule has 2 rings (SSSR count). The van der Waals surface area contributed by atoms with Crippen molar-refractivity contribution in [3.05, 3.63) is 17.5 Å². The fourth-order valence-corrected chi connectivity index (χ4v) is 1.70. The van der Waals surface area contributed by atoms with Crippen LogP contribution in [0.25, 0.3) is 0 Å². The summed E-state index contributed by atoms with van der Waals surface area (Å²) < 4.78 is 1.83. The summed E-state index contributed by atoms with van der Waals surface area (Å²) in [6.45, 7) is 0.864. The second kappa shape index (κ2) is 3.20. The van der Waals surface area contributed by atoms with Crippen LogP contribution in [0.15, 0.2) is 6.07 Å². The number of hydrogen-bond donors (Lipinski definition) is 1. The standard InChI is InChI=1S/C9H12N2O2/c12-9(13)8-6-7-4-2-1-3-5-11(7)10-8/h6H,1-5H2,(H,12,13). The van der Waals surface area contributed by atoms with E-state index in [2.05, 4.69) is 5.10 Å². The summed E-state index contributed by atoms with van der Waals surface area (Å²) in [5.74, 6) is -0.930. The smallest absolute Gasteiger partial charge is 0.356 e. The normalized spacial score (nSPS) is 16.3. The Balaban J connectivity index is 2.32. The molecule has 1 aliphatic heterocycles. The maximum atomic E-state index is 10.6. The summed E-state index contributed by atoms with van der Waals surface area (Å²) >= 11 is 0. The van der Waals surface area contributed by atoms with E-state index in [-0.39, 0.29) is 5.69 Å². The Labute approximate surface area is 76.2 Å². The van der Waals surface area contributed by atoms with Crippen LogP contribution < -0.4 is 0 Å². The zero-order valence-electron chi connectivity index (χ0n) is 7.36. The van der Waals surface area contributed by atoms with Crippen LogP contribution in [0.5, 0.6) is 0 Å². The summed E-state index contributed by atoms with van der Waals surface area (Å²) in [4.78, 5) is 10.6. The van der Waals surface area contributed by atoms with Gasteiger partial charge in [-0.25, -0.2) is 4.79 Å². The minimum atomic E-state index is -0.930. The third-order valence-corrected chi connectivity index (χ3v) is 2.39. The van der Waals surface area contributed by atoms with E-state index in [1.165, 1.54) is 6.42 Å². The first-order valence-corrected chi connectivity index (χ1v) is 4.57. The molecular weight excluding hydrogens is 168 g/mol. The molecule has 1 aromatic heterocycles. The van der Waals surface area contributed by atoms with Crippen LogP contribution in [-0.4, -0.2) is 20.9 Å². The summed E-state index contributed by atoms with van der Waals surface area (Å²) in [6.07, 6.45) is 4.42. The maximum Gasteiger partial charge on any atom is 0.356 e. The largest absolute Gasteiger partial charge is 0.476 e. The molecule has 4 heteroatoms. The predicted molar refractivity (Wildman–Crippen MR) is 46.7 cm³/mol. The number of hydrogen-bond acceptors (Lipinski definition) is 2. The maximum absolute atomic E-state index is 10.6. The molecule has 0 atom stereocenters. The van der Waals surface area contributed by atoms with Gasteiger partial charge in [0.25, 0.3) is 0 Å². The molecule has 0 amide bonds. The van der Waals surface area contributed by atoms with Crippen LogP contribution in [0.3, 0.4) is 0 Å². The van der Waals surface area contributed by atoms with E-state index in [1.807, 2.05) is 4.68 Å². The topological polar surface area (TPSA) is 55.1 Å². The van der Waals surface area contributed by atoms with Crippen molar-refractivity contribution >= 4 is 5.97 Å². The van der Waals surface area contributed by atoms with Crippen LogP contribution in [-0.2, 0) is 13.0 Å². The minimum absolute atomic E-state index is 0.178. The number of aromatic nitrogens is 2. The van der Waals surface area contributed by atoms with Gasteiger partial charge in [0, 0.05) is 12.2 Å². The van der Waals surface area contributed by atoms with Gasteiger partial charge >= 0.3 is 5.97 Å². The second-order valence-corrected chi connectivity index (χ2v) is 3.36. The van der Waals surface area contributed by atoms with E-state index in [0.29, 0.717) is 0 Å². The number of rotatable bonds is 1. The van der Waals surface area contributed by atoms with Gasteiger partial charge in [0.2, 0.25) is 0 Å². The molecule has 2 heterocycles. The molecule has 1 aromatic rings. The van der Waals surface area contributed by atoms with Gasteiger partial charge in [0.15, 0.2) is 5.69 Å². The van der Waals surface area contributed by atoms with Gasteiger partial charge in [0.1, 0.15) is 0 Å². The second-order valence-electron chi connectivity index (χ2n) is 3.36. The van der Waals surface area contributed by atoms with E-state index in [4.69, 9.17) is 5.11 Å². The van der Waals surface area contributed by atoms with Gasteiger partial charge in [-0.3, -0.25) is 4.68 Å². The lowest BCUT2D eigenvalue weighted by atomic mass is 10.2. The summed E-state index contributed by atoms with van der Waals surface area (Å²) in [7, 11) is 0. The molecule has 70 valence electrons. The van der Waals surface area contributed by atoms with E-state index < -0.39 is 5.97 Å². The van der Waals surface area contributed by atoms with Crippen LogP contribution in [0, 0.1) is 0 Å². The number of aryl methyl sites for hydroxylation is 2. The average Bonchev–Trinajstić information content (AvgIpc) is 2.38. The van der Waals surface area contributed by atoms with Crippen molar-refractivity contribution in [2.75, 3.05) is 0 Å². The minimum Gasteiger partial charge on any atom is -0.476 e. The molecule has 0 saturated heterocycles. The molecule has 1 aliphatic rings. The predicted octanol–water partition coefficient (Wildman–Crippen LogP) is 1.31. The Morgan fingerprint density at radius 1 is 1.46 bits per heavy atom. The zero-order valence-corrected chi connectivity index (χ0v) is 7.36. The Kier molecular flexibility index (Phi) is 2.04. The first-order valence-electron chi connectivity index (χ1n) is 4.57. The van der Waals surface area contributed by atoms with Crippen molar-refractivity contribution in [1.82, 2.24) is 9.78 Å². The summed E-state index contributed by atoms with van der Waals surface area (Å²) in [6, 6.07) is 1.69. The molecule has 13 heavy (non-hydrogen) atoms. The first-order chi connectivity index (χ1) is 6.27. The lowest BCUT2D eigenvalue weighted by Crippen LogP contribution is -2.04. The number of carboxylic acids is 1. The molecule has 0 saturated carbocycles. The number of nitrogens with zero attached hydrogens (tertiary/aromatic N) is 2. The molecule has 4 nitrogen and oxygen atoms in total. The summed E-state index contributed by atoms with van der Waals surface area (Å²) in [5, 5.41) is 12.8. The molecule has 0 radical (unpaired) electrons. The van der Waals surface area contributed by atoms with Gasteiger partial charge < -0.3 is 5.11 Å². The Morgan fingerprint density at radius 2 is 2.31 bits per heavy atom. The van der Waals surface area contributed by atoms with Crippen LogP contribution in [0.2, 0.25) is 0 Å². The molecular formula is C9H12N2O2. The third kappa shape index (κ3) is 1.56. The number of aromatic carboxylic acids is 1. The molecule has 0 fully saturated rings. The molecule has 1 N–H and O–H groups in total. The number of fused-ring (bicyclic) bond motifs is 1. The van der Waals surface area contributed by atoms with Crippen molar-refractivity contribution < 1.29 is 9.90 Å². The van der Waals surface area contributed by atoms with E-state index in [1.54, 1.807) is 6.07 Å². The van der Waals surface area contributed by atoms with Crippen molar-refractivity contribution in [3.8, 4) is 0 Å². The highest BCUT2D eigenvalue weighted by molar-refractivity contribution is 5.85. The van der Waals surface area contributed by atoms with Gasteiger partial charge in [-0.05, 0) is 25.3 Å². The summed E-state index contributed by atoms with van der Waals surface area (Å²) in [5.41, 5.74) is 1.24. The number of carboxylic acid groups (broad SMARTS) is 1. The zero-order chi connectivity index (χ0) is 9.26. The van der Waals surface area contributed by atoms with E-state index >= 15 is 0 Å².